The van der Waals surface area contributed by atoms with E-state index in [-0.39, 0.29) is 23.6 Å². The van der Waals surface area contributed by atoms with Gasteiger partial charge in [0.25, 0.3) is 0 Å². The molecule has 3 N–H and O–H groups in total. The van der Waals surface area contributed by atoms with E-state index < -0.39 is 21.9 Å². The number of rotatable bonds is 10. The number of aliphatic hydroxyl groups is 1. The summed E-state index contributed by atoms with van der Waals surface area (Å²) >= 11 is 0. The highest BCUT2D eigenvalue weighted by Crippen LogP contribution is 2.37. The summed E-state index contributed by atoms with van der Waals surface area (Å²) in [5.41, 5.74) is 3.32. The predicted octanol–water partition coefficient (Wildman–Crippen LogP) is 1.26. The lowest BCUT2D eigenvalue weighted by Gasteiger charge is -2.18. The minimum absolute atomic E-state index is 0.113. The van der Waals surface area contributed by atoms with Gasteiger partial charge in [-0.15, -0.1) is 10.2 Å². The number of pyridine rings is 1. The summed E-state index contributed by atoms with van der Waals surface area (Å²) in [5, 5.41) is 18.7. The fourth-order valence-corrected chi connectivity index (χ4v) is 4.63. The highest BCUT2D eigenvalue weighted by molar-refractivity contribution is 7.92. The standard InChI is InChI=1S/C22H26N6O7S/c1-13-11-18(35-26-13)15(29)12-36(30,31)27-22-25-24-21(14-7-5-10-19(23-14)34-4)28(22)20-16(32-2)8-6-9-17(20)33-3/h5-11,13,15,26,29H,12H2,1-4H3,(H,25,27)/t13?,15-/m1/s1. The van der Waals surface area contributed by atoms with E-state index in [4.69, 9.17) is 19.0 Å². The number of nitrogens with one attached hydrogen (secondary N) is 2. The first-order chi connectivity index (χ1) is 17.3. The molecule has 13 nitrogen and oxygen atoms in total. The van der Waals surface area contributed by atoms with E-state index in [1.807, 2.05) is 0 Å². The van der Waals surface area contributed by atoms with Gasteiger partial charge in [-0.1, -0.05) is 12.1 Å². The molecule has 0 bridgehead atoms. The number of benzene rings is 1. The van der Waals surface area contributed by atoms with Crippen molar-refractivity contribution >= 4 is 16.0 Å². The van der Waals surface area contributed by atoms with E-state index in [2.05, 4.69) is 25.4 Å². The Hall–Kier alpha value is -3.88. The lowest BCUT2D eigenvalue weighted by Crippen LogP contribution is -2.29. The minimum atomic E-state index is -4.14. The molecule has 0 fully saturated rings. The average Bonchev–Trinajstić information content (AvgIpc) is 3.49. The van der Waals surface area contributed by atoms with Gasteiger partial charge in [0.1, 0.15) is 34.7 Å². The minimum Gasteiger partial charge on any atom is -0.494 e. The summed E-state index contributed by atoms with van der Waals surface area (Å²) in [5.74, 6) is 0.503. The molecule has 0 saturated carbocycles. The summed E-state index contributed by atoms with van der Waals surface area (Å²) < 4.78 is 46.2. The normalized spacial score (nSPS) is 16.1. The molecule has 3 aromatic rings. The number of aliphatic hydroxyl groups excluding tert-OH is 1. The van der Waals surface area contributed by atoms with Crippen molar-refractivity contribution in [2.24, 2.45) is 0 Å². The van der Waals surface area contributed by atoms with Crippen molar-refractivity contribution in [3.63, 3.8) is 0 Å². The molecule has 0 aliphatic carbocycles. The largest absolute Gasteiger partial charge is 0.494 e. The van der Waals surface area contributed by atoms with E-state index in [0.717, 1.165) is 0 Å². The van der Waals surface area contributed by atoms with Gasteiger partial charge in [-0.2, -0.15) is 5.48 Å². The number of hydrogen-bond acceptors (Lipinski definition) is 11. The van der Waals surface area contributed by atoms with Crippen LogP contribution >= 0.6 is 0 Å². The molecule has 2 atom stereocenters. The second-order valence-corrected chi connectivity index (χ2v) is 9.50. The molecule has 0 amide bonds. The summed E-state index contributed by atoms with van der Waals surface area (Å²) in [7, 11) is 0.276. The van der Waals surface area contributed by atoms with Gasteiger partial charge in [0, 0.05) is 6.07 Å². The third-order valence-corrected chi connectivity index (χ3v) is 6.43. The highest BCUT2D eigenvalue weighted by Gasteiger charge is 2.29. The maximum atomic E-state index is 13.0. The number of para-hydroxylation sites is 1. The van der Waals surface area contributed by atoms with Crippen LogP contribution in [0.3, 0.4) is 0 Å². The Labute approximate surface area is 207 Å². The molecule has 0 saturated heterocycles. The number of nitrogens with zero attached hydrogens (tertiary/aromatic N) is 4. The molecule has 1 unspecified atom stereocenters. The average molecular weight is 519 g/mol. The predicted molar refractivity (Wildman–Crippen MR) is 129 cm³/mol. The first kappa shape index (κ1) is 25.2. The third kappa shape index (κ3) is 5.19. The molecule has 192 valence electrons. The maximum absolute atomic E-state index is 13.0. The van der Waals surface area contributed by atoms with Crippen LogP contribution in [0.2, 0.25) is 0 Å². The Kier molecular flexibility index (Phi) is 7.28. The van der Waals surface area contributed by atoms with Crippen LogP contribution in [0.5, 0.6) is 17.4 Å². The molecule has 1 aliphatic rings. The number of ether oxygens (including phenoxy) is 3. The van der Waals surface area contributed by atoms with Crippen molar-refractivity contribution in [3.05, 3.63) is 48.2 Å². The zero-order valence-electron chi connectivity index (χ0n) is 20.0. The molecular formula is C22H26N6O7S. The number of aromatic nitrogens is 4. The molecule has 14 heteroatoms. The first-order valence-electron chi connectivity index (χ1n) is 10.8. The van der Waals surface area contributed by atoms with Crippen molar-refractivity contribution in [1.29, 1.82) is 0 Å². The quantitative estimate of drug-likeness (QED) is 0.355. The molecule has 1 aromatic carbocycles. The van der Waals surface area contributed by atoms with Crippen LogP contribution in [0, 0.1) is 0 Å². The molecule has 0 radical (unpaired) electrons. The second kappa shape index (κ2) is 10.4. The van der Waals surface area contributed by atoms with Crippen molar-refractivity contribution < 1.29 is 32.6 Å². The van der Waals surface area contributed by atoms with Crippen molar-refractivity contribution in [2.75, 3.05) is 31.8 Å². The number of methoxy groups -OCH3 is 3. The SMILES string of the molecule is COc1cccc(-c2nnc(NS(=O)(=O)C[C@@H](O)C3=CC(C)NO3)n2-c2c(OC)cccc2OC)n1. The Morgan fingerprint density at radius 3 is 2.42 bits per heavy atom. The van der Waals surface area contributed by atoms with E-state index in [1.165, 1.54) is 25.9 Å². The first-order valence-corrected chi connectivity index (χ1v) is 12.4. The fourth-order valence-electron chi connectivity index (χ4n) is 3.56. The smallest absolute Gasteiger partial charge is 0.243 e. The monoisotopic (exact) mass is 518 g/mol. The number of hydroxylamine groups is 1. The maximum Gasteiger partial charge on any atom is 0.243 e. The van der Waals surface area contributed by atoms with Gasteiger partial charge in [0.2, 0.25) is 21.9 Å². The number of anilines is 1. The summed E-state index contributed by atoms with van der Waals surface area (Å²) in [6.45, 7) is 1.80. The number of sulfonamides is 1. The van der Waals surface area contributed by atoms with Gasteiger partial charge in [0.15, 0.2) is 11.6 Å². The van der Waals surface area contributed by atoms with E-state index >= 15 is 0 Å². The van der Waals surface area contributed by atoms with Crippen LogP contribution in [0.4, 0.5) is 5.95 Å². The summed E-state index contributed by atoms with van der Waals surface area (Å²) in [4.78, 5) is 9.54. The van der Waals surface area contributed by atoms with E-state index in [1.54, 1.807) is 49.4 Å². The van der Waals surface area contributed by atoms with Gasteiger partial charge >= 0.3 is 0 Å². The van der Waals surface area contributed by atoms with E-state index in [9.17, 15) is 13.5 Å². The fraction of sp³-hybridized carbons (Fsp3) is 0.318. The second-order valence-electron chi connectivity index (χ2n) is 7.74. The van der Waals surface area contributed by atoms with Crippen LogP contribution < -0.4 is 24.4 Å². The Morgan fingerprint density at radius 1 is 1.11 bits per heavy atom. The molecule has 1 aliphatic heterocycles. The van der Waals surface area contributed by atoms with Gasteiger partial charge in [-0.3, -0.25) is 9.29 Å². The topological polar surface area (TPSA) is 159 Å². The van der Waals surface area contributed by atoms with Gasteiger partial charge < -0.3 is 24.2 Å². The van der Waals surface area contributed by atoms with Gasteiger partial charge in [-0.25, -0.2) is 13.4 Å². The Balaban J connectivity index is 1.80. The zero-order valence-corrected chi connectivity index (χ0v) is 20.8. The van der Waals surface area contributed by atoms with Crippen molar-refractivity contribution in [1.82, 2.24) is 25.2 Å². The zero-order chi connectivity index (χ0) is 25.9. The van der Waals surface area contributed by atoms with Crippen LogP contribution in [-0.2, 0) is 14.9 Å². The van der Waals surface area contributed by atoms with Crippen molar-refractivity contribution in [2.45, 2.75) is 19.1 Å². The van der Waals surface area contributed by atoms with Crippen LogP contribution in [0.15, 0.2) is 48.2 Å². The Morgan fingerprint density at radius 2 is 1.81 bits per heavy atom. The van der Waals surface area contributed by atoms with Gasteiger partial charge in [-0.05, 0) is 31.2 Å². The number of hydrogen-bond donors (Lipinski definition) is 3. The molecule has 36 heavy (non-hydrogen) atoms. The van der Waals surface area contributed by atoms with E-state index in [0.29, 0.717) is 28.8 Å². The lowest BCUT2D eigenvalue weighted by atomic mass is 10.2. The molecule has 0 spiro atoms. The third-order valence-electron chi connectivity index (χ3n) is 5.18. The van der Waals surface area contributed by atoms with Crippen molar-refractivity contribution in [3.8, 4) is 34.6 Å². The molecule has 4 rings (SSSR count). The van der Waals surface area contributed by atoms with Crippen LogP contribution in [0.1, 0.15) is 6.92 Å². The summed E-state index contributed by atoms with van der Waals surface area (Å²) in [6.07, 6.45) is 0.186. The molecule has 2 aromatic heterocycles. The van der Waals surface area contributed by atoms with Gasteiger partial charge in [0.05, 0.1) is 27.4 Å². The lowest BCUT2D eigenvalue weighted by molar-refractivity contribution is 0.0662. The van der Waals surface area contributed by atoms with Crippen LogP contribution in [-0.4, -0.2) is 72.5 Å². The van der Waals surface area contributed by atoms with Crippen LogP contribution in [0.25, 0.3) is 17.2 Å². The highest BCUT2D eigenvalue weighted by atomic mass is 32.2. The molecular weight excluding hydrogens is 492 g/mol. The summed E-state index contributed by atoms with van der Waals surface area (Å²) in [6, 6.07) is 9.97. The molecule has 3 heterocycles. The Bertz CT molecular complexity index is 1350.